The Morgan fingerprint density at radius 3 is 2.81 bits per heavy atom. The van der Waals surface area contributed by atoms with Gasteiger partial charge >= 0.3 is 0 Å². The lowest BCUT2D eigenvalue weighted by Crippen LogP contribution is -2.36. The van der Waals surface area contributed by atoms with E-state index < -0.39 is 11.6 Å². The van der Waals surface area contributed by atoms with E-state index in [1.54, 1.807) is 6.92 Å². The van der Waals surface area contributed by atoms with E-state index in [4.69, 9.17) is 11.6 Å². The monoisotopic (exact) mass is 310 g/mol. The smallest absolute Gasteiger partial charge is 0.152 e. The molecule has 0 N–H and O–H groups in total. The first-order chi connectivity index (χ1) is 9.97. The minimum absolute atomic E-state index is 0.114. The van der Waals surface area contributed by atoms with Crippen molar-refractivity contribution in [2.45, 2.75) is 19.8 Å². The van der Waals surface area contributed by atoms with Crippen LogP contribution >= 0.6 is 11.6 Å². The van der Waals surface area contributed by atoms with E-state index in [0.29, 0.717) is 24.3 Å². The first kappa shape index (κ1) is 14.2. The summed E-state index contributed by atoms with van der Waals surface area (Å²) < 4.78 is 27.3. The van der Waals surface area contributed by atoms with Gasteiger partial charge in [-0.05, 0) is 13.3 Å². The number of Topliss-reactive ketones (excluding diaryl/α,β-unsaturated/α-hetero) is 1. The summed E-state index contributed by atoms with van der Waals surface area (Å²) in [5.41, 5.74) is 0.764. The van der Waals surface area contributed by atoms with Gasteiger partial charge in [-0.15, -0.1) is 0 Å². The van der Waals surface area contributed by atoms with E-state index >= 15 is 0 Å². The van der Waals surface area contributed by atoms with Gasteiger partial charge in [0.1, 0.15) is 17.5 Å². The topological polar surface area (TPSA) is 33.2 Å². The number of fused-ring (bicyclic) bond motifs is 1. The molecule has 1 saturated heterocycles. The lowest BCUT2D eigenvalue weighted by molar-refractivity contribution is -0.118. The van der Waals surface area contributed by atoms with Crippen LogP contribution in [0.3, 0.4) is 0 Å². The van der Waals surface area contributed by atoms with E-state index in [-0.39, 0.29) is 28.3 Å². The van der Waals surface area contributed by atoms with Crippen molar-refractivity contribution in [3.8, 4) is 0 Å². The van der Waals surface area contributed by atoms with Crippen molar-refractivity contribution in [3.05, 3.63) is 34.4 Å². The highest BCUT2D eigenvalue weighted by molar-refractivity contribution is 6.36. The van der Waals surface area contributed by atoms with Gasteiger partial charge in [0, 0.05) is 30.7 Å². The minimum atomic E-state index is -0.730. The van der Waals surface area contributed by atoms with Crippen LogP contribution in [0.25, 0.3) is 10.9 Å². The molecule has 21 heavy (non-hydrogen) atoms. The summed E-state index contributed by atoms with van der Waals surface area (Å²) in [5.74, 6) is -0.783. The van der Waals surface area contributed by atoms with Gasteiger partial charge in [0.05, 0.1) is 22.5 Å². The van der Waals surface area contributed by atoms with Crippen LogP contribution in [0.5, 0.6) is 0 Å². The lowest BCUT2D eigenvalue weighted by atomic mass is 10.1. The Morgan fingerprint density at radius 1 is 1.33 bits per heavy atom. The maximum absolute atomic E-state index is 13.9. The fourth-order valence-corrected chi connectivity index (χ4v) is 2.95. The second-order valence-electron chi connectivity index (χ2n) is 5.22. The molecule has 0 saturated carbocycles. The molecule has 0 atom stereocenters. The molecule has 0 aliphatic carbocycles. The molecule has 2 heterocycles. The number of anilines is 1. The molecule has 110 valence electrons. The summed E-state index contributed by atoms with van der Waals surface area (Å²) >= 11 is 6.23. The number of piperidine rings is 1. The predicted molar refractivity (Wildman–Crippen MR) is 77.9 cm³/mol. The SMILES string of the molecule is Cc1c(N2CCCC(=O)C2)nc2cc(F)cc(F)c2c1Cl. The molecule has 0 bridgehead atoms. The van der Waals surface area contributed by atoms with Gasteiger partial charge < -0.3 is 4.90 Å². The number of carbonyl (C=O) groups is 1. The number of nitrogens with zero attached hydrogens (tertiary/aromatic N) is 2. The number of carbonyl (C=O) groups excluding carboxylic acids is 1. The van der Waals surface area contributed by atoms with Gasteiger partial charge in [0.25, 0.3) is 0 Å². The van der Waals surface area contributed by atoms with Crippen LogP contribution in [0, 0.1) is 18.6 Å². The summed E-state index contributed by atoms with van der Waals surface area (Å²) in [7, 11) is 0. The summed E-state index contributed by atoms with van der Waals surface area (Å²) in [5, 5.41) is 0.327. The first-order valence-corrected chi connectivity index (χ1v) is 7.06. The van der Waals surface area contributed by atoms with Crippen LogP contribution in [0.1, 0.15) is 18.4 Å². The number of hydrogen-bond donors (Lipinski definition) is 0. The van der Waals surface area contributed by atoms with Gasteiger partial charge in [0.15, 0.2) is 5.78 Å². The number of rotatable bonds is 1. The Labute approximate surface area is 125 Å². The third-order valence-electron chi connectivity index (χ3n) is 3.70. The molecule has 0 unspecified atom stereocenters. The van der Waals surface area contributed by atoms with E-state index in [1.165, 1.54) is 0 Å². The molecule has 0 spiro atoms. The number of benzene rings is 1. The molecule has 3 nitrogen and oxygen atoms in total. The van der Waals surface area contributed by atoms with Gasteiger partial charge in [-0.1, -0.05) is 11.6 Å². The molecule has 1 aromatic carbocycles. The molecule has 3 rings (SSSR count). The molecular formula is C15H13ClF2N2O. The Bertz CT molecular complexity index is 748. The van der Waals surface area contributed by atoms with Crippen LogP contribution in [-0.4, -0.2) is 23.9 Å². The van der Waals surface area contributed by atoms with Crippen molar-refractivity contribution in [2.75, 3.05) is 18.0 Å². The summed E-state index contributed by atoms with van der Waals surface area (Å²) in [6.07, 6.45) is 1.30. The highest BCUT2D eigenvalue weighted by Gasteiger charge is 2.23. The standard InChI is InChI=1S/C15H13ClF2N2O/c1-8-14(16)13-11(18)5-9(17)6-12(13)19-15(8)20-4-2-3-10(21)7-20/h5-6H,2-4,7H2,1H3. The summed E-state index contributed by atoms with van der Waals surface area (Å²) in [4.78, 5) is 17.7. The Hall–Kier alpha value is -1.75. The normalized spacial score (nSPS) is 15.8. The zero-order chi connectivity index (χ0) is 15.1. The average Bonchev–Trinajstić information content (AvgIpc) is 2.42. The summed E-state index contributed by atoms with van der Waals surface area (Å²) in [6.45, 7) is 2.67. The van der Waals surface area contributed by atoms with Crippen molar-refractivity contribution in [1.29, 1.82) is 0 Å². The largest absolute Gasteiger partial charge is 0.349 e. The molecule has 1 aliphatic rings. The van der Waals surface area contributed by atoms with Crippen LogP contribution in [-0.2, 0) is 4.79 Å². The van der Waals surface area contributed by atoms with Gasteiger partial charge in [-0.2, -0.15) is 0 Å². The van der Waals surface area contributed by atoms with Crippen molar-refractivity contribution in [2.24, 2.45) is 0 Å². The number of halogens is 3. The molecule has 0 radical (unpaired) electrons. The predicted octanol–water partition coefficient (Wildman–Crippen LogP) is 3.64. The van der Waals surface area contributed by atoms with Crippen molar-refractivity contribution in [1.82, 2.24) is 4.98 Å². The van der Waals surface area contributed by atoms with Gasteiger partial charge in [0.2, 0.25) is 0 Å². The van der Waals surface area contributed by atoms with Crippen molar-refractivity contribution >= 4 is 34.1 Å². The lowest BCUT2D eigenvalue weighted by Gasteiger charge is -2.28. The van der Waals surface area contributed by atoms with Crippen LogP contribution in [0.4, 0.5) is 14.6 Å². The maximum Gasteiger partial charge on any atom is 0.152 e. The molecule has 0 amide bonds. The Morgan fingerprint density at radius 2 is 2.10 bits per heavy atom. The zero-order valence-corrected chi connectivity index (χ0v) is 12.2. The molecule has 2 aromatic rings. The molecular weight excluding hydrogens is 298 g/mol. The average molecular weight is 311 g/mol. The second-order valence-corrected chi connectivity index (χ2v) is 5.60. The zero-order valence-electron chi connectivity index (χ0n) is 11.4. The molecule has 1 aliphatic heterocycles. The van der Waals surface area contributed by atoms with E-state index in [2.05, 4.69) is 4.98 Å². The van der Waals surface area contributed by atoms with Gasteiger partial charge in [-0.25, -0.2) is 13.8 Å². The Balaban J connectivity index is 2.20. The fourth-order valence-electron chi connectivity index (χ4n) is 2.68. The van der Waals surface area contributed by atoms with E-state index in [1.807, 2.05) is 4.90 Å². The maximum atomic E-state index is 13.9. The third kappa shape index (κ3) is 2.46. The summed E-state index contributed by atoms with van der Waals surface area (Å²) in [6, 6.07) is 1.94. The highest BCUT2D eigenvalue weighted by Crippen LogP contribution is 2.34. The van der Waals surface area contributed by atoms with Gasteiger partial charge in [-0.3, -0.25) is 4.79 Å². The van der Waals surface area contributed by atoms with Crippen molar-refractivity contribution in [3.63, 3.8) is 0 Å². The van der Waals surface area contributed by atoms with Crippen LogP contribution in [0.2, 0.25) is 5.02 Å². The highest BCUT2D eigenvalue weighted by atomic mass is 35.5. The Kier molecular flexibility index (Phi) is 3.53. The fraction of sp³-hybridized carbons (Fsp3) is 0.333. The first-order valence-electron chi connectivity index (χ1n) is 6.69. The quantitative estimate of drug-likeness (QED) is 0.806. The number of ketones is 1. The van der Waals surface area contributed by atoms with Crippen molar-refractivity contribution < 1.29 is 13.6 Å². The second kappa shape index (κ2) is 5.22. The minimum Gasteiger partial charge on any atom is -0.349 e. The number of pyridine rings is 1. The van der Waals surface area contributed by atoms with E-state index in [0.717, 1.165) is 18.6 Å². The van der Waals surface area contributed by atoms with Crippen LogP contribution < -0.4 is 4.90 Å². The number of hydrogen-bond acceptors (Lipinski definition) is 3. The molecule has 1 aromatic heterocycles. The molecule has 1 fully saturated rings. The van der Waals surface area contributed by atoms with E-state index in [9.17, 15) is 13.6 Å². The molecule has 6 heteroatoms. The number of aromatic nitrogens is 1. The third-order valence-corrected chi connectivity index (χ3v) is 4.17. The van der Waals surface area contributed by atoms with Crippen LogP contribution in [0.15, 0.2) is 12.1 Å².